The van der Waals surface area contributed by atoms with Gasteiger partial charge in [0.25, 0.3) is 0 Å². The Hall–Kier alpha value is -2.90. The maximum atomic E-state index is 13.5. The van der Waals surface area contributed by atoms with Gasteiger partial charge in [-0.05, 0) is 31.2 Å². The van der Waals surface area contributed by atoms with Crippen molar-refractivity contribution in [2.45, 2.75) is 13.1 Å². The van der Waals surface area contributed by atoms with Crippen LogP contribution in [0.5, 0.6) is 0 Å². The highest BCUT2D eigenvalue weighted by atomic mass is 19.4. The maximum absolute atomic E-state index is 13.5. The number of ether oxygens (including phenoxy) is 1. The Labute approximate surface area is 134 Å². The normalized spacial score (nSPS) is 11.7. The van der Waals surface area contributed by atoms with Crippen molar-refractivity contribution in [3.8, 4) is 5.69 Å². The van der Waals surface area contributed by atoms with Gasteiger partial charge in [-0.3, -0.25) is 4.98 Å². The summed E-state index contributed by atoms with van der Waals surface area (Å²) >= 11 is 0. The van der Waals surface area contributed by atoms with Gasteiger partial charge < -0.3 is 4.74 Å². The largest absolute Gasteiger partial charge is 0.462 e. The van der Waals surface area contributed by atoms with E-state index in [1.165, 1.54) is 13.0 Å². The van der Waals surface area contributed by atoms with Gasteiger partial charge in [-0.25, -0.2) is 9.48 Å². The van der Waals surface area contributed by atoms with Crippen LogP contribution < -0.4 is 0 Å². The summed E-state index contributed by atoms with van der Waals surface area (Å²) < 4.78 is 46.0. The molecule has 0 fully saturated rings. The summed E-state index contributed by atoms with van der Waals surface area (Å²) in [5, 5.41) is 4.26. The number of pyridine rings is 1. The number of fused-ring (bicyclic) bond motifs is 1. The fourth-order valence-corrected chi connectivity index (χ4v) is 2.43. The average Bonchev–Trinajstić information content (AvgIpc) is 3.00. The lowest BCUT2D eigenvalue weighted by atomic mass is 10.1. The molecule has 0 saturated carbocycles. The van der Waals surface area contributed by atoms with Crippen LogP contribution in [0.15, 0.2) is 42.7 Å². The molecule has 0 saturated heterocycles. The number of halogens is 3. The first-order chi connectivity index (χ1) is 11.4. The van der Waals surface area contributed by atoms with Crippen molar-refractivity contribution in [3.05, 3.63) is 54.0 Å². The Morgan fingerprint density at radius 1 is 1.25 bits per heavy atom. The van der Waals surface area contributed by atoms with Crippen LogP contribution in [-0.2, 0) is 10.9 Å². The van der Waals surface area contributed by atoms with Gasteiger partial charge in [0.2, 0.25) is 0 Å². The molecule has 0 amide bonds. The molecule has 8 heteroatoms. The zero-order valence-corrected chi connectivity index (χ0v) is 12.5. The predicted molar refractivity (Wildman–Crippen MR) is 79.8 cm³/mol. The van der Waals surface area contributed by atoms with Crippen LogP contribution in [-0.4, -0.2) is 27.3 Å². The van der Waals surface area contributed by atoms with Gasteiger partial charge in [0.15, 0.2) is 5.69 Å². The van der Waals surface area contributed by atoms with Crippen LogP contribution in [0.3, 0.4) is 0 Å². The van der Waals surface area contributed by atoms with Crippen LogP contribution in [0.4, 0.5) is 13.2 Å². The van der Waals surface area contributed by atoms with E-state index in [4.69, 9.17) is 4.74 Å². The molecule has 0 aliphatic heterocycles. The number of esters is 1. The van der Waals surface area contributed by atoms with Gasteiger partial charge in [0.1, 0.15) is 5.56 Å². The van der Waals surface area contributed by atoms with Crippen molar-refractivity contribution in [1.29, 1.82) is 0 Å². The number of carbonyl (C=O) groups excluding carboxylic acids is 1. The Balaban J connectivity index is 2.26. The molecule has 3 aromatic rings. The summed E-state index contributed by atoms with van der Waals surface area (Å²) in [6.07, 6.45) is -2.36. The van der Waals surface area contributed by atoms with Crippen LogP contribution in [0.25, 0.3) is 16.6 Å². The van der Waals surface area contributed by atoms with Crippen LogP contribution in [0.2, 0.25) is 0 Å². The molecule has 2 heterocycles. The van der Waals surface area contributed by atoms with Crippen LogP contribution >= 0.6 is 0 Å². The lowest BCUT2D eigenvalue weighted by molar-refractivity contribution is -0.143. The van der Waals surface area contributed by atoms with Gasteiger partial charge in [-0.2, -0.15) is 18.3 Å². The number of benzene rings is 1. The van der Waals surface area contributed by atoms with Crippen molar-refractivity contribution >= 4 is 16.9 Å². The lowest BCUT2D eigenvalue weighted by Crippen LogP contribution is -2.18. The molecule has 3 rings (SSSR count). The highest BCUT2D eigenvalue weighted by Crippen LogP contribution is 2.35. The molecule has 0 aliphatic carbocycles. The first kappa shape index (κ1) is 16.0. The molecule has 0 bridgehead atoms. The molecule has 5 nitrogen and oxygen atoms in total. The third kappa shape index (κ3) is 2.70. The number of alkyl halides is 3. The van der Waals surface area contributed by atoms with E-state index < -0.39 is 23.4 Å². The van der Waals surface area contributed by atoms with E-state index in [1.807, 2.05) is 0 Å². The molecular formula is C16H12F3N3O2. The van der Waals surface area contributed by atoms with Crippen molar-refractivity contribution < 1.29 is 22.7 Å². The van der Waals surface area contributed by atoms with Gasteiger partial charge >= 0.3 is 12.1 Å². The Morgan fingerprint density at radius 2 is 2.04 bits per heavy atom. The number of aromatic nitrogens is 3. The third-order valence-corrected chi connectivity index (χ3v) is 3.38. The van der Waals surface area contributed by atoms with Crippen molar-refractivity contribution in [2.75, 3.05) is 6.61 Å². The van der Waals surface area contributed by atoms with Gasteiger partial charge in [0.05, 0.1) is 24.0 Å². The van der Waals surface area contributed by atoms with E-state index in [9.17, 15) is 18.0 Å². The minimum atomic E-state index is -4.77. The summed E-state index contributed by atoms with van der Waals surface area (Å²) in [7, 11) is 0. The first-order valence-electron chi connectivity index (χ1n) is 7.10. The third-order valence-electron chi connectivity index (χ3n) is 3.38. The standard InChI is InChI=1S/C16H12F3N3O2/c1-2-24-15(23)11-9-21-22(14(11)16(17,18)19)13-7-3-6-12-10(13)5-4-8-20-12/h3-9H,2H2,1H3. The SMILES string of the molecule is CCOC(=O)c1cnn(-c2cccc3ncccc23)c1C(F)(F)F. The van der Waals surface area contributed by atoms with E-state index in [0.29, 0.717) is 15.6 Å². The summed E-state index contributed by atoms with van der Waals surface area (Å²) in [6, 6.07) is 8.01. The van der Waals surface area contributed by atoms with E-state index in [2.05, 4.69) is 10.1 Å². The first-order valence-corrected chi connectivity index (χ1v) is 7.10. The fourth-order valence-electron chi connectivity index (χ4n) is 2.43. The Kier molecular flexibility index (Phi) is 3.96. The number of hydrogen-bond acceptors (Lipinski definition) is 4. The number of rotatable bonds is 3. The van der Waals surface area contributed by atoms with Crippen molar-refractivity contribution in [1.82, 2.24) is 14.8 Å². The highest BCUT2D eigenvalue weighted by molar-refractivity contribution is 5.92. The minimum absolute atomic E-state index is 0.0283. The molecule has 124 valence electrons. The van der Waals surface area contributed by atoms with Gasteiger partial charge in [-0.15, -0.1) is 0 Å². The quantitative estimate of drug-likeness (QED) is 0.686. The monoisotopic (exact) mass is 335 g/mol. The summed E-state index contributed by atoms with van der Waals surface area (Å²) in [4.78, 5) is 15.9. The highest BCUT2D eigenvalue weighted by Gasteiger charge is 2.41. The summed E-state index contributed by atoms with van der Waals surface area (Å²) in [6.45, 7) is 1.49. The second kappa shape index (κ2) is 5.95. The molecule has 2 aromatic heterocycles. The van der Waals surface area contributed by atoms with Crippen molar-refractivity contribution in [3.63, 3.8) is 0 Å². The molecule has 0 radical (unpaired) electrons. The minimum Gasteiger partial charge on any atom is -0.462 e. The van der Waals surface area contributed by atoms with Gasteiger partial charge in [0, 0.05) is 11.6 Å². The smallest absolute Gasteiger partial charge is 0.434 e. The summed E-state index contributed by atoms with van der Waals surface area (Å²) in [5.41, 5.74) is -1.08. The maximum Gasteiger partial charge on any atom is 0.434 e. The molecule has 0 atom stereocenters. The Morgan fingerprint density at radius 3 is 2.75 bits per heavy atom. The Bertz CT molecular complexity index is 898. The topological polar surface area (TPSA) is 57.0 Å². The van der Waals surface area contributed by atoms with E-state index in [1.54, 1.807) is 30.5 Å². The van der Waals surface area contributed by atoms with E-state index in [0.717, 1.165) is 6.20 Å². The zero-order valence-electron chi connectivity index (χ0n) is 12.5. The fraction of sp³-hybridized carbons (Fsp3) is 0.188. The van der Waals surface area contributed by atoms with Gasteiger partial charge in [-0.1, -0.05) is 6.07 Å². The molecule has 0 unspecified atom stereocenters. The molecule has 24 heavy (non-hydrogen) atoms. The van der Waals surface area contributed by atoms with E-state index >= 15 is 0 Å². The average molecular weight is 335 g/mol. The number of hydrogen-bond donors (Lipinski definition) is 0. The molecule has 0 N–H and O–H groups in total. The van der Waals surface area contributed by atoms with E-state index in [-0.39, 0.29) is 12.3 Å². The summed E-state index contributed by atoms with van der Waals surface area (Å²) in [5.74, 6) is -1.06. The van der Waals surface area contributed by atoms with Crippen LogP contribution in [0.1, 0.15) is 23.0 Å². The molecule has 0 spiro atoms. The zero-order chi connectivity index (χ0) is 17.3. The lowest BCUT2D eigenvalue weighted by Gasteiger charge is -2.13. The van der Waals surface area contributed by atoms with Crippen LogP contribution in [0, 0.1) is 0 Å². The second-order valence-electron chi connectivity index (χ2n) is 4.88. The number of nitrogens with zero attached hydrogens (tertiary/aromatic N) is 3. The van der Waals surface area contributed by atoms with Crippen molar-refractivity contribution in [2.24, 2.45) is 0 Å². The molecule has 0 aliphatic rings. The molecular weight excluding hydrogens is 323 g/mol. The number of carbonyl (C=O) groups is 1. The molecule has 1 aromatic carbocycles. The predicted octanol–water partition coefficient (Wildman–Crippen LogP) is 3.62. The second-order valence-corrected chi connectivity index (χ2v) is 4.88.